The topological polar surface area (TPSA) is 30.7 Å². The Labute approximate surface area is 137 Å². The molecular weight excluding hydrogens is 282 g/mol. The molecule has 0 saturated heterocycles. The van der Waals surface area contributed by atoms with Gasteiger partial charge in [0.15, 0.2) is 0 Å². The monoisotopic (exact) mass is 305 g/mol. The van der Waals surface area contributed by atoms with E-state index in [-0.39, 0.29) is 0 Å². The van der Waals surface area contributed by atoms with Gasteiger partial charge in [-0.05, 0) is 43.4 Å². The van der Waals surface area contributed by atoms with Crippen molar-refractivity contribution in [2.45, 2.75) is 45.1 Å². The Kier molecular flexibility index (Phi) is 3.86. The minimum Gasteiger partial charge on any atom is -0.237 e. The summed E-state index contributed by atoms with van der Waals surface area (Å²) in [6, 6.07) is 17.6. The number of aryl methyl sites for hydroxylation is 1. The highest BCUT2D eigenvalue weighted by atomic mass is 15.4. The van der Waals surface area contributed by atoms with E-state index >= 15 is 0 Å². The molecule has 1 atom stereocenters. The van der Waals surface area contributed by atoms with Crippen molar-refractivity contribution in [2.24, 2.45) is 5.92 Å². The van der Waals surface area contributed by atoms with Crippen LogP contribution in [0.3, 0.4) is 0 Å². The van der Waals surface area contributed by atoms with E-state index in [1.807, 2.05) is 12.1 Å². The van der Waals surface area contributed by atoms with Crippen molar-refractivity contribution in [3.63, 3.8) is 0 Å². The molecule has 0 amide bonds. The molecule has 2 aromatic carbocycles. The first-order valence-corrected chi connectivity index (χ1v) is 8.69. The van der Waals surface area contributed by atoms with Crippen molar-refractivity contribution >= 4 is 11.0 Å². The number of para-hydroxylation sites is 1. The SMILES string of the molecule is Cc1ccc(C(C2CCCCC2)n2nnc3ccccc32)cc1. The first-order valence-electron chi connectivity index (χ1n) is 8.69. The summed E-state index contributed by atoms with van der Waals surface area (Å²) < 4.78 is 2.16. The second kappa shape index (κ2) is 6.15. The quantitative estimate of drug-likeness (QED) is 0.688. The highest BCUT2D eigenvalue weighted by Gasteiger charge is 2.28. The number of fused-ring (bicyclic) bond motifs is 1. The van der Waals surface area contributed by atoms with Gasteiger partial charge in [-0.1, -0.05) is 66.4 Å². The molecule has 0 radical (unpaired) electrons. The van der Waals surface area contributed by atoms with Gasteiger partial charge in [0.2, 0.25) is 0 Å². The molecule has 1 aliphatic rings. The van der Waals surface area contributed by atoms with Crippen molar-refractivity contribution in [3.05, 3.63) is 59.7 Å². The molecule has 1 saturated carbocycles. The molecule has 1 aliphatic carbocycles. The molecular formula is C20H23N3. The molecule has 3 nitrogen and oxygen atoms in total. The van der Waals surface area contributed by atoms with Gasteiger partial charge in [0.05, 0.1) is 11.6 Å². The smallest absolute Gasteiger partial charge is 0.113 e. The third-order valence-corrected chi connectivity index (χ3v) is 5.16. The highest BCUT2D eigenvalue weighted by Crippen LogP contribution is 2.38. The zero-order valence-corrected chi connectivity index (χ0v) is 13.7. The molecule has 0 spiro atoms. The predicted molar refractivity (Wildman–Crippen MR) is 93.4 cm³/mol. The van der Waals surface area contributed by atoms with E-state index in [2.05, 4.69) is 58.3 Å². The fourth-order valence-electron chi connectivity index (χ4n) is 3.92. The lowest BCUT2D eigenvalue weighted by Crippen LogP contribution is -2.24. The van der Waals surface area contributed by atoms with E-state index in [0.29, 0.717) is 12.0 Å². The van der Waals surface area contributed by atoms with Gasteiger partial charge in [-0.2, -0.15) is 0 Å². The Morgan fingerprint density at radius 1 is 0.957 bits per heavy atom. The van der Waals surface area contributed by atoms with Gasteiger partial charge >= 0.3 is 0 Å². The minimum atomic E-state index is 0.295. The molecule has 23 heavy (non-hydrogen) atoms. The van der Waals surface area contributed by atoms with E-state index in [1.54, 1.807) is 0 Å². The van der Waals surface area contributed by atoms with Gasteiger partial charge in [-0.25, -0.2) is 4.68 Å². The summed E-state index contributed by atoms with van der Waals surface area (Å²) in [6.45, 7) is 2.14. The summed E-state index contributed by atoms with van der Waals surface area (Å²) in [7, 11) is 0. The third kappa shape index (κ3) is 2.76. The lowest BCUT2D eigenvalue weighted by Gasteiger charge is -2.31. The van der Waals surface area contributed by atoms with E-state index in [9.17, 15) is 0 Å². The van der Waals surface area contributed by atoms with Crippen LogP contribution < -0.4 is 0 Å². The summed E-state index contributed by atoms with van der Waals surface area (Å²) in [6.07, 6.45) is 6.61. The lowest BCUT2D eigenvalue weighted by molar-refractivity contribution is 0.268. The van der Waals surface area contributed by atoms with Crippen LogP contribution in [0.4, 0.5) is 0 Å². The average molecular weight is 305 g/mol. The van der Waals surface area contributed by atoms with Gasteiger partial charge in [-0.15, -0.1) is 5.10 Å². The van der Waals surface area contributed by atoms with E-state index < -0.39 is 0 Å². The first kappa shape index (κ1) is 14.4. The predicted octanol–water partition coefficient (Wildman–Crippen LogP) is 4.91. The summed E-state index contributed by atoms with van der Waals surface area (Å²) in [5.74, 6) is 0.650. The maximum absolute atomic E-state index is 4.54. The lowest BCUT2D eigenvalue weighted by atomic mass is 9.81. The second-order valence-corrected chi connectivity index (χ2v) is 6.78. The zero-order chi connectivity index (χ0) is 15.6. The number of aromatic nitrogens is 3. The summed E-state index contributed by atoms with van der Waals surface area (Å²) in [4.78, 5) is 0. The first-order chi connectivity index (χ1) is 11.3. The van der Waals surface area contributed by atoms with Crippen LogP contribution in [0.5, 0.6) is 0 Å². The van der Waals surface area contributed by atoms with Crippen LogP contribution in [0.2, 0.25) is 0 Å². The Morgan fingerprint density at radius 2 is 1.70 bits per heavy atom. The summed E-state index contributed by atoms with van der Waals surface area (Å²) >= 11 is 0. The molecule has 3 aromatic rings. The van der Waals surface area contributed by atoms with Gasteiger partial charge in [0.1, 0.15) is 5.52 Å². The average Bonchev–Trinajstić information content (AvgIpc) is 3.02. The molecule has 3 heteroatoms. The van der Waals surface area contributed by atoms with Crippen molar-refractivity contribution in [1.82, 2.24) is 15.0 Å². The molecule has 0 N–H and O–H groups in total. The molecule has 1 unspecified atom stereocenters. The highest BCUT2D eigenvalue weighted by molar-refractivity contribution is 5.74. The normalized spacial score (nSPS) is 17.4. The fraction of sp³-hybridized carbons (Fsp3) is 0.400. The van der Waals surface area contributed by atoms with Crippen LogP contribution in [-0.4, -0.2) is 15.0 Å². The Morgan fingerprint density at radius 3 is 2.48 bits per heavy atom. The van der Waals surface area contributed by atoms with Crippen LogP contribution in [0.25, 0.3) is 11.0 Å². The van der Waals surface area contributed by atoms with Crippen molar-refractivity contribution in [2.75, 3.05) is 0 Å². The minimum absolute atomic E-state index is 0.295. The molecule has 0 bridgehead atoms. The van der Waals surface area contributed by atoms with Gasteiger partial charge in [0, 0.05) is 0 Å². The van der Waals surface area contributed by atoms with E-state index in [0.717, 1.165) is 11.0 Å². The van der Waals surface area contributed by atoms with Gasteiger partial charge in [0.25, 0.3) is 0 Å². The van der Waals surface area contributed by atoms with Crippen LogP contribution in [0.15, 0.2) is 48.5 Å². The van der Waals surface area contributed by atoms with E-state index in [1.165, 1.54) is 43.2 Å². The molecule has 118 valence electrons. The van der Waals surface area contributed by atoms with Crippen LogP contribution in [-0.2, 0) is 0 Å². The second-order valence-electron chi connectivity index (χ2n) is 6.78. The van der Waals surface area contributed by atoms with Crippen LogP contribution in [0, 0.1) is 12.8 Å². The van der Waals surface area contributed by atoms with Gasteiger partial charge < -0.3 is 0 Å². The van der Waals surface area contributed by atoms with Crippen LogP contribution >= 0.6 is 0 Å². The third-order valence-electron chi connectivity index (χ3n) is 5.16. The van der Waals surface area contributed by atoms with E-state index in [4.69, 9.17) is 0 Å². The number of hydrogen-bond acceptors (Lipinski definition) is 2. The zero-order valence-electron chi connectivity index (χ0n) is 13.7. The Hall–Kier alpha value is -2.16. The number of hydrogen-bond donors (Lipinski definition) is 0. The summed E-state index contributed by atoms with van der Waals surface area (Å²) in [5.41, 5.74) is 4.79. The maximum Gasteiger partial charge on any atom is 0.113 e. The number of rotatable bonds is 3. The standard InChI is InChI=1S/C20H23N3/c1-15-11-13-17(14-12-15)20(16-7-3-2-4-8-16)23-19-10-6-5-9-18(19)21-22-23/h5-6,9-14,16,20H,2-4,7-8H2,1H3. The van der Waals surface area contributed by atoms with Crippen molar-refractivity contribution in [1.29, 1.82) is 0 Å². The van der Waals surface area contributed by atoms with Crippen LogP contribution in [0.1, 0.15) is 49.3 Å². The van der Waals surface area contributed by atoms with Crippen molar-refractivity contribution < 1.29 is 0 Å². The largest absolute Gasteiger partial charge is 0.237 e. The molecule has 1 fully saturated rings. The molecule has 0 aliphatic heterocycles. The molecule has 4 rings (SSSR count). The molecule has 1 heterocycles. The van der Waals surface area contributed by atoms with Crippen molar-refractivity contribution in [3.8, 4) is 0 Å². The fourth-order valence-corrected chi connectivity index (χ4v) is 3.92. The van der Waals surface area contributed by atoms with Gasteiger partial charge in [-0.3, -0.25) is 0 Å². The Bertz CT molecular complexity index is 782. The maximum atomic E-state index is 4.54. The number of nitrogens with zero attached hydrogens (tertiary/aromatic N) is 3. The summed E-state index contributed by atoms with van der Waals surface area (Å²) in [5, 5.41) is 8.93. The Balaban J connectivity index is 1.82. The molecule has 1 aromatic heterocycles. The number of benzene rings is 2.